The molecule has 1 N–H and O–H groups in total. The van der Waals surface area contributed by atoms with Crippen molar-refractivity contribution in [3.63, 3.8) is 0 Å². The molecule has 136 valence electrons. The molecule has 0 aromatic heterocycles. The van der Waals surface area contributed by atoms with Gasteiger partial charge in [-0.2, -0.15) is 0 Å². The second kappa shape index (κ2) is 6.36. The number of nitrogens with zero attached hydrogens (tertiary/aromatic N) is 1. The molecule has 1 fully saturated rings. The lowest BCUT2D eigenvalue weighted by Crippen LogP contribution is -2.64. The Kier molecular flexibility index (Phi) is 4.15. The van der Waals surface area contributed by atoms with Crippen LogP contribution in [0.4, 0.5) is 0 Å². The van der Waals surface area contributed by atoms with Crippen molar-refractivity contribution in [2.75, 3.05) is 14.2 Å². The third kappa shape index (κ3) is 2.65. The third-order valence-corrected chi connectivity index (χ3v) is 5.48. The van der Waals surface area contributed by atoms with Crippen LogP contribution >= 0.6 is 12.2 Å². The summed E-state index contributed by atoms with van der Waals surface area (Å²) in [7, 11) is 3.35. The highest BCUT2D eigenvalue weighted by Crippen LogP contribution is 2.48. The average molecular weight is 370 g/mol. The van der Waals surface area contributed by atoms with Crippen molar-refractivity contribution in [2.45, 2.75) is 31.7 Å². The van der Waals surface area contributed by atoms with Crippen molar-refractivity contribution in [3.05, 3.63) is 53.6 Å². The second-order valence-corrected chi connectivity index (χ2v) is 7.15. The Morgan fingerprint density at radius 3 is 2.65 bits per heavy atom. The maximum absolute atomic E-state index is 6.47. The first kappa shape index (κ1) is 17.0. The standard InChI is InChI=1S/C20H22N2O3S/c1-20-11-15(14-8-6-10-17(24-3)18(14)25-20)21-19(26)22(20)12-13-7-4-5-9-16(13)23-2/h4-10,15H,11-12H2,1-3H3,(H,21,26)/t15-,20+/m0/s1. The Bertz CT molecular complexity index is 857. The molecule has 0 spiro atoms. The highest BCUT2D eigenvalue weighted by Gasteiger charge is 2.48. The van der Waals surface area contributed by atoms with Gasteiger partial charge in [0.2, 0.25) is 0 Å². The number of nitrogens with one attached hydrogen (secondary N) is 1. The molecule has 2 aliphatic rings. The smallest absolute Gasteiger partial charge is 0.184 e. The Balaban J connectivity index is 1.72. The lowest BCUT2D eigenvalue weighted by Gasteiger charge is -2.52. The van der Waals surface area contributed by atoms with Gasteiger partial charge in [0.25, 0.3) is 0 Å². The first-order valence-corrected chi connectivity index (χ1v) is 9.02. The molecule has 26 heavy (non-hydrogen) atoms. The number of hydrogen-bond donors (Lipinski definition) is 1. The van der Waals surface area contributed by atoms with Gasteiger partial charge in [-0.1, -0.05) is 30.3 Å². The van der Waals surface area contributed by atoms with Crippen LogP contribution in [0.2, 0.25) is 0 Å². The number of hydrogen-bond acceptors (Lipinski definition) is 4. The maximum Gasteiger partial charge on any atom is 0.184 e. The lowest BCUT2D eigenvalue weighted by atomic mass is 9.90. The zero-order chi connectivity index (χ0) is 18.3. The van der Waals surface area contributed by atoms with Crippen LogP contribution in [0.1, 0.15) is 30.5 Å². The molecular formula is C20H22N2O3S. The zero-order valence-corrected chi connectivity index (χ0v) is 15.9. The summed E-state index contributed by atoms with van der Waals surface area (Å²) in [4.78, 5) is 2.09. The average Bonchev–Trinajstić information content (AvgIpc) is 2.64. The Morgan fingerprint density at radius 1 is 1.15 bits per heavy atom. The van der Waals surface area contributed by atoms with Crippen molar-refractivity contribution in [2.24, 2.45) is 0 Å². The van der Waals surface area contributed by atoms with Gasteiger partial charge in [0.1, 0.15) is 5.75 Å². The van der Waals surface area contributed by atoms with Crippen molar-refractivity contribution in [3.8, 4) is 17.2 Å². The summed E-state index contributed by atoms with van der Waals surface area (Å²) in [6.45, 7) is 2.68. The summed E-state index contributed by atoms with van der Waals surface area (Å²) < 4.78 is 17.5. The van der Waals surface area contributed by atoms with Gasteiger partial charge in [-0.25, -0.2) is 0 Å². The number of thiocarbonyl (C=S) groups is 1. The fraction of sp³-hybridized carbons (Fsp3) is 0.350. The molecule has 5 nitrogen and oxygen atoms in total. The monoisotopic (exact) mass is 370 g/mol. The molecule has 1 saturated heterocycles. The molecule has 2 atom stereocenters. The number of benzene rings is 2. The van der Waals surface area contributed by atoms with E-state index < -0.39 is 5.72 Å². The van der Waals surface area contributed by atoms with Crippen LogP contribution in [-0.4, -0.2) is 30.0 Å². The van der Waals surface area contributed by atoms with Crippen LogP contribution < -0.4 is 19.5 Å². The van der Waals surface area contributed by atoms with E-state index in [2.05, 4.69) is 23.2 Å². The summed E-state index contributed by atoms with van der Waals surface area (Å²) in [6.07, 6.45) is 0.794. The highest BCUT2D eigenvalue weighted by molar-refractivity contribution is 7.80. The molecule has 0 radical (unpaired) electrons. The quantitative estimate of drug-likeness (QED) is 0.829. The predicted molar refractivity (Wildman–Crippen MR) is 104 cm³/mol. The summed E-state index contributed by atoms with van der Waals surface area (Å²) in [5.41, 5.74) is 1.59. The number of ether oxygens (including phenoxy) is 3. The van der Waals surface area contributed by atoms with Gasteiger partial charge in [0, 0.05) is 17.5 Å². The van der Waals surface area contributed by atoms with Crippen molar-refractivity contribution in [1.29, 1.82) is 0 Å². The molecule has 2 heterocycles. The van der Waals surface area contributed by atoms with E-state index in [1.54, 1.807) is 14.2 Å². The zero-order valence-electron chi connectivity index (χ0n) is 15.1. The van der Waals surface area contributed by atoms with Crippen molar-refractivity contribution in [1.82, 2.24) is 10.2 Å². The molecule has 0 unspecified atom stereocenters. The second-order valence-electron chi connectivity index (χ2n) is 6.76. The SMILES string of the molecule is COc1ccccc1CN1C(=S)N[C@H]2C[C@@]1(C)Oc1c(OC)cccc12. The number of rotatable bonds is 4. The molecule has 2 aromatic carbocycles. The van der Waals surface area contributed by atoms with E-state index >= 15 is 0 Å². The molecular weight excluding hydrogens is 348 g/mol. The number of fused-ring (bicyclic) bond motifs is 4. The van der Waals surface area contributed by atoms with E-state index in [1.165, 1.54) is 0 Å². The lowest BCUT2D eigenvalue weighted by molar-refractivity contribution is -0.0737. The number of methoxy groups -OCH3 is 2. The predicted octanol–water partition coefficient (Wildman–Crippen LogP) is 3.63. The number of para-hydroxylation sites is 2. The Labute approximate surface area is 158 Å². The van der Waals surface area contributed by atoms with Gasteiger partial charge in [-0.05, 0) is 31.3 Å². The first-order chi connectivity index (χ1) is 12.6. The molecule has 4 rings (SSSR count). The fourth-order valence-electron chi connectivity index (χ4n) is 3.81. The van der Waals surface area contributed by atoms with Gasteiger partial charge in [-0.15, -0.1) is 0 Å². The molecule has 0 aliphatic carbocycles. The van der Waals surface area contributed by atoms with Crippen molar-refractivity contribution < 1.29 is 14.2 Å². The van der Waals surface area contributed by atoms with Crippen LogP contribution in [0.5, 0.6) is 17.2 Å². The first-order valence-electron chi connectivity index (χ1n) is 8.61. The fourth-order valence-corrected chi connectivity index (χ4v) is 4.21. The van der Waals surface area contributed by atoms with Gasteiger partial charge in [0.05, 0.1) is 26.8 Å². The van der Waals surface area contributed by atoms with Gasteiger partial charge >= 0.3 is 0 Å². The van der Waals surface area contributed by atoms with E-state index in [4.69, 9.17) is 26.4 Å². The maximum atomic E-state index is 6.47. The molecule has 6 heteroatoms. The normalized spacial score (nSPS) is 23.6. The summed E-state index contributed by atoms with van der Waals surface area (Å²) in [5, 5.41) is 4.15. The summed E-state index contributed by atoms with van der Waals surface area (Å²) >= 11 is 5.69. The molecule has 0 saturated carbocycles. The topological polar surface area (TPSA) is 43.0 Å². The summed E-state index contributed by atoms with van der Waals surface area (Å²) in [5.74, 6) is 2.37. The Hall–Kier alpha value is -2.47. The van der Waals surface area contributed by atoms with Crippen LogP contribution in [0, 0.1) is 0 Å². The molecule has 0 amide bonds. The minimum atomic E-state index is -0.560. The van der Waals surface area contributed by atoms with Gasteiger partial charge < -0.3 is 24.4 Å². The van der Waals surface area contributed by atoms with Crippen LogP contribution in [0.3, 0.4) is 0 Å². The van der Waals surface area contributed by atoms with Crippen molar-refractivity contribution >= 4 is 17.3 Å². The van der Waals surface area contributed by atoms with E-state index in [-0.39, 0.29) is 6.04 Å². The third-order valence-electron chi connectivity index (χ3n) is 5.14. The molecule has 2 aliphatic heterocycles. The highest BCUT2D eigenvalue weighted by atomic mass is 32.1. The summed E-state index contributed by atoms with van der Waals surface area (Å²) in [6, 6.07) is 14.1. The van der Waals surface area contributed by atoms with Crippen LogP contribution in [-0.2, 0) is 6.54 Å². The molecule has 2 aromatic rings. The molecule has 2 bridgehead atoms. The minimum absolute atomic E-state index is 0.111. The van der Waals surface area contributed by atoms with E-state index in [9.17, 15) is 0 Å². The van der Waals surface area contributed by atoms with E-state index in [0.29, 0.717) is 11.7 Å². The van der Waals surface area contributed by atoms with Crippen LogP contribution in [0.25, 0.3) is 0 Å². The van der Waals surface area contributed by atoms with E-state index in [1.807, 2.05) is 36.4 Å². The largest absolute Gasteiger partial charge is 0.496 e. The van der Waals surface area contributed by atoms with E-state index in [0.717, 1.165) is 34.8 Å². The van der Waals surface area contributed by atoms with Gasteiger partial charge in [-0.3, -0.25) is 0 Å². The van der Waals surface area contributed by atoms with Gasteiger partial charge in [0.15, 0.2) is 22.3 Å². The van der Waals surface area contributed by atoms with Crippen LogP contribution in [0.15, 0.2) is 42.5 Å². The Morgan fingerprint density at radius 2 is 1.88 bits per heavy atom. The minimum Gasteiger partial charge on any atom is -0.496 e.